The van der Waals surface area contributed by atoms with Crippen LogP contribution in [0.25, 0.3) is 0 Å². The van der Waals surface area contributed by atoms with Crippen molar-refractivity contribution in [1.29, 1.82) is 0 Å². The van der Waals surface area contributed by atoms with Gasteiger partial charge in [0.05, 0.1) is 18.1 Å². The first-order chi connectivity index (χ1) is 8.64. The lowest BCUT2D eigenvalue weighted by molar-refractivity contribution is 0.148. The molecule has 0 aromatic heterocycles. The Kier molecular flexibility index (Phi) is 4.34. The molecular weight excluding hydrogens is 254 g/mol. The van der Waals surface area contributed by atoms with E-state index in [-0.39, 0.29) is 11.5 Å². The van der Waals surface area contributed by atoms with Crippen LogP contribution < -0.4 is 0 Å². The fraction of sp³-hybridized carbons (Fsp3) is 0.500. The Morgan fingerprint density at radius 1 is 1.28 bits per heavy atom. The molecule has 0 aliphatic carbocycles. The van der Waals surface area contributed by atoms with E-state index in [0.29, 0.717) is 38.3 Å². The van der Waals surface area contributed by atoms with Crippen molar-refractivity contribution in [3.8, 4) is 0 Å². The molecule has 0 atom stereocenters. The van der Waals surface area contributed by atoms with Crippen molar-refractivity contribution in [2.75, 3.05) is 26.3 Å². The first-order valence-electron chi connectivity index (χ1n) is 5.92. The number of aliphatic hydroxyl groups excluding tert-OH is 1. The first kappa shape index (κ1) is 13.5. The number of rotatable bonds is 3. The van der Waals surface area contributed by atoms with Crippen molar-refractivity contribution in [3.05, 3.63) is 29.8 Å². The van der Waals surface area contributed by atoms with E-state index in [4.69, 9.17) is 9.84 Å². The van der Waals surface area contributed by atoms with Crippen LogP contribution in [0.15, 0.2) is 29.2 Å². The van der Waals surface area contributed by atoms with Crippen LogP contribution in [0.4, 0.5) is 0 Å². The number of sulfonamides is 1. The number of hydrogen-bond donors (Lipinski definition) is 1. The number of hydrogen-bond acceptors (Lipinski definition) is 4. The van der Waals surface area contributed by atoms with Gasteiger partial charge in [0.15, 0.2) is 0 Å². The first-order valence-corrected chi connectivity index (χ1v) is 7.36. The van der Waals surface area contributed by atoms with Crippen LogP contribution in [0.3, 0.4) is 0 Å². The summed E-state index contributed by atoms with van der Waals surface area (Å²) < 4.78 is 31.5. The summed E-state index contributed by atoms with van der Waals surface area (Å²) in [5, 5.41) is 9.05. The summed E-state index contributed by atoms with van der Waals surface area (Å²) in [5.41, 5.74) is 0.599. The van der Waals surface area contributed by atoms with E-state index in [1.807, 2.05) is 0 Å². The molecule has 0 radical (unpaired) electrons. The summed E-state index contributed by atoms with van der Waals surface area (Å²) in [6.07, 6.45) is 0.707. The van der Waals surface area contributed by atoms with Crippen LogP contribution in [0.2, 0.25) is 0 Å². The van der Waals surface area contributed by atoms with E-state index in [1.165, 1.54) is 10.4 Å². The lowest BCUT2D eigenvalue weighted by Crippen LogP contribution is -2.33. The normalized spacial score (nSPS) is 18.5. The maximum absolute atomic E-state index is 12.4. The van der Waals surface area contributed by atoms with Crippen LogP contribution >= 0.6 is 0 Å². The van der Waals surface area contributed by atoms with Gasteiger partial charge in [-0.3, -0.25) is 0 Å². The number of nitrogens with zero attached hydrogens (tertiary/aromatic N) is 1. The van der Waals surface area contributed by atoms with Crippen LogP contribution in [0, 0.1) is 0 Å². The number of benzene rings is 1. The van der Waals surface area contributed by atoms with Gasteiger partial charge in [0, 0.05) is 19.7 Å². The summed E-state index contributed by atoms with van der Waals surface area (Å²) in [4.78, 5) is 0.232. The molecule has 18 heavy (non-hydrogen) atoms. The van der Waals surface area contributed by atoms with Gasteiger partial charge < -0.3 is 9.84 Å². The van der Waals surface area contributed by atoms with Crippen molar-refractivity contribution in [1.82, 2.24) is 4.31 Å². The van der Waals surface area contributed by atoms with Gasteiger partial charge in [-0.1, -0.05) is 12.1 Å². The molecule has 0 bridgehead atoms. The van der Waals surface area contributed by atoms with Gasteiger partial charge in [0.2, 0.25) is 10.0 Å². The molecule has 2 rings (SSSR count). The molecule has 1 N–H and O–H groups in total. The highest BCUT2D eigenvalue weighted by molar-refractivity contribution is 7.89. The highest BCUT2D eigenvalue weighted by Gasteiger charge is 2.25. The highest BCUT2D eigenvalue weighted by Crippen LogP contribution is 2.18. The van der Waals surface area contributed by atoms with E-state index in [9.17, 15) is 8.42 Å². The Morgan fingerprint density at radius 3 is 2.89 bits per heavy atom. The van der Waals surface area contributed by atoms with Gasteiger partial charge in [-0.25, -0.2) is 8.42 Å². The van der Waals surface area contributed by atoms with Crippen LogP contribution in [0.5, 0.6) is 0 Å². The monoisotopic (exact) mass is 271 g/mol. The minimum atomic E-state index is -3.48. The SMILES string of the molecule is O=S(=O)(c1cccc(CO)c1)N1CCCOCC1. The van der Waals surface area contributed by atoms with Crippen LogP contribution in [-0.2, 0) is 21.4 Å². The predicted octanol–water partition coefficient (Wildman–Crippen LogP) is 0.590. The van der Waals surface area contributed by atoms with E-state index in [2.05, 4.69) is 0 Å². The predicted molar refractivity (Wildman–Crippen MR) is 66.6 cm³/mol. The van der Waals surface area contributed by atoms with Gasteiger partial charge >= 0.3 is 0 Å². The maximum atomic E-state index is 12.4. The molecule has 100 valence electrons. The largest absolute Gasteiger partial charge is 0.392 e. The molecular formula is C12H17NO4S. The zero-order valence-electron chi connectivity index (χ0n) is 10.1. The smallest absolute Gasteiger partial charge is 0.243 e. The third kappa shape index (κ3) is 2.89. The second-order valence-electron chi connectivity index (χ2n) is 4.18. The van der Waals surface area contributed by atoms with Crippen molar-refractivity contribution in [2.45, 2.75) is 17.9 Å². The fourth-order valence-corrected chi connectivity index (χ4v) is 3.45. The highest BCUT2D eigenvalue weighted by atomic mass is 32.2. The average Bonchev–Trinajstić information content (AvgIpc) is 2.68. The quantitative estimate of drug-likeness (QED) is 0.873. The Labute approximate surface area is 107 Å². The molecule has 0 amide bonds. The maximum Gasteiger partial charge on any atom is 0.243 e. The topological polar surface area (TPSA) is 66.8 Å². The summed E-state index contributed by atoms with van der Waals surface area (Å²) in [6.45, 7) is 1.73. The standard InChI is InChI=1S/C12H17NO4S/c14-10-11-3-1-4-12(9-11)18(15,16)13-5-2-7-17-8-6-13/h1,3-4,9,14H,2,5-8,10H2. The molecule has 1 aromatic rings. The minimum Gasteiger partial charge on any atom is -0.392 e. The molecule has 0 spiro atoms. The second kappa shape index (κ2) is 5.79. The van der Waals surface area contributed by atoms with Crippen molar-refractivity contribution in [3.63, 3.8) is 0 Å². The van der Waals surface area contributed by atoms with Crippen molar-refractivity contribution < 1.29 is 18.3 Å². The van der Waals surface area contributed by atoms with Gasteiger partial charge in [0.1, 0.15) is 0 Å². The summed E-state index contributed by atoms with van der Waals surface area (Å²) >= 11 is 0. The fourth-order valence-electron chi connectivity index (χ4n) is 1.92. The van der Waals surface area contributed by atoms with Crippen LogP contribution in [-0.4, -0.2) is 44.1 Å². The molecule has 1 aromatic carbocycles. The molecule has 5 nitrogen and oxygen atoms in total. The molecule has 1 saturated heterocycles. The van der Waals surface area contributed by atoms with Gasteiger partial charge in [-0.2, -0.15) is 4.31 Å². The third-order valence-corrected chi connectivity index (χ3v) is 4.79. The third-order valence-electron chi connectivity index (χ3n) is 2.90. The zero-order valence-corrected chi connectivity index (χ0v) is 10.9. The summed E-state index contributed by atoms with van der Waals surface area (Å²) in [7, 11) is -3.48. The minimum absolute atomic E-state index is 0.160. The molecule has 1 aliphatic heterocycles. The lowest BCUT2D eigenvalue weighted by atomic mass is 10.2. The van der Waals surface area contributed by atoms with Gasteiger partial charge in [-0.15, -0.1) is 0 Å². The molecule has 1 aliphatic rings. The number of ether oxygens (including phenoxy) is 1. The molecule has 1 heterocycles. The summed E-state index contributed by atoms with van der Waals surface area (Å²) in [6, 6.07) is 6.42. The van der Waals surface area contributed by atoms with Crippen molar-refractivity contribution >= 4 is 10.0 Å². The molecule has 0 unspecified atom stereocenters. The van der Waals surface area contributed by atoms with Gasteiger partial charge in [0.25, 0.3) is 0 Å². The van der Waals surface area contributed by atoms with E-state index >= 15 is 0 Å². The van der Waals surface area contributed by atoms with E-state index < -0.39 is 10.0 Å². The Balaban J connectivity index is 2.28. The lowest BCUT2D eigenvalue weighted by Gasteiger charge is -2.19. The van der Waals surface area contributed by atoms with Crippen molar-refractivity contribution in [2.24, 2.45) is 0 Å². The van der Waals surface area contributed by atoms with Crippen LogP contribution in [0.1, 0.15) is 12.0 Å². The van der Waals surface area contributed by atoms with E-state index in [1.54, 1.807) is 18.2 Å². The van der Waals surface area contributed by atoms with E-state index in [0.717, 1.165) is 0 Å². The Bertz CT molecular complexity index is 493. The Morgan fingerprint density at radius 2 is 2.11 bits per heavy atom. The second-order valence-corrected chi connectivity index (χ2v) is 6.11. The average molecular weight is 271 g/mol. The molecule has 0 saturated carbocycles. The molecule has 1 fully saturated rings. The Hall–Kier alpha value is -0.950. The zero-order chi connectivity index (χ0) is 13.0. The number of aliphatic hydroxyl groups is 1. The summed E-state index contributed by atoms with van der Waals surface area (Å²) in [5.74, 6) is 0. The molecule has 6 heteroatoms. The van der Waals surface area contributed by atoms with Gasteiger partial charge in [-0.05, 0) is 24.1 Å².